The summed E-state index contributed by atoms with van der Waals surface area (Å²) in [6, 6.07) is 17.7. The van der Waals surface area contributed by atoms with Gasteiger partial charge in [-0.25, -0.2) is 9.37 Å². The van der Waals surface area contributed by atoms with Crippen LogP contribution >= 0.6 is 0 Å². The van der Waals surface area contributed by atoms with E-state index in [2.05, 4.69) is 22.5 Å². The molecule has 28 heavy (non-hydrogen) atoms. The monoisotopic (exact) mass is 379 g/mol. The first-order valence-corrected chi connectivity index (χ1v) is 9.09. The summed E-state index contributed by atoms with van der Waals surface area (Å²) in [7, 11) is 0. The Balaban J connectivity index is 1.46. The molecule has 3 aromatic rings. The zero-order valence-electron chi connectivity index (χ0n) is 15.6. The molecule has 0 spiro atoms. The maximum atomic E-state index is 13.6. The summed E-state index contributed by atoms with van der Waals surface area (Å²) in [5.41, 5.74) is 2.34. The molecule has 0 radical (unpaired) electrons. The van der Waals surface area contributed by atoms with Crippen LogP contribution in [0.3, 0.4) is 0 Å². The number of nitrogens with one attached hydrogen (secondary N) is 2. The van der Waals surface area contributed by atoms with Gasteiger partial charge in [0.25, 0.3) is 5.91 Å². The molecule has 5 nitrogen and oxygen atoms in total. The van der Waals surface area contributed by atoms with Crippen LogP contribution in [0.2, 0.25) is 0 Å². The number of pyridine rings is 1. The molecule has 0 unspecified atom stereocenters. The summed E-state index contributed by atoms with van der Waals surface area (Å²) in [6.45, 7) is 2.33. The number of carbonyl (C=O) groups is 1. The Morgan fingerprint density at radius 2 is 1.86 bits per heavy atom. The van der Waals surface area contributed by atoms with Crippen molar-refractivity contribution in [3.8, 4) is 5.75 Å². The first-order valence-electron chi connectivity index (χ1n) is 9.09. The van der Waals surface area contributed by atoms with Crippen LogP contribution in [0.4, 0.5) is 15.9 Å². The van der Waals surface area contributed by atoms with E-state index in [1.165, 1.54) is 17.8 Å². The molecule has 1 amide bonds. The number of carbonyl (C=O) groups excluding carboxylic acids is 1. The van der Waals surface area contributed by atoms with E-state index in [1.807, 2.05) is 24.3 Å². The van der Waals surface area contributed by atoms with Crippen LogP contribution in [-0.4, -0.2) is 17.5 Å². The van der Waals surface area contributed by atoms with Crippen LogP contribution in [0.15, 0.2) is 66.9 Å². The molecule has 0 saturated heterocycles. The average Bonchev–Trinajstić information content (AvgIpc) is 2.73. The van der Waals surface area contributed by atoms with E-state index >= 15 is 0 Å². The number of rotatable bonds is 8. The van der Waals surface area contributed by atoms with E-state index < -0.39 is 0 Å². The first-order chi connectivity index (χ1) is 13.6. The summed E-state index contributed by atoms with van der Waals surface area (Å²) < 4.78 is 19.1. The summed E-state index contributed by atoms with van der Waals surface area (Å²) in [5, 5.41) is 5.78. The largest absolute Gasteiger partial charge is 0.484 e. The molecule has 2 N–H and O–H groups in total. The predicted molar refractivity (Wildman–Crippen MR) is 108 cm³/mol. The minimum absolute atomic E-state index is 0.0846. The number of benzene rings is 2. The SMILES string of the molecule is CCc1ccc(OCC(=O)Nc2ccc(NCc3ccccc3F)nc2)cc1. The van der Waals surface area contributed by atoms with E-state index in [4.69, 9.17) is 4.74 Å². The van der Waals surface area contributed by atoms with Gasteiger partial charge in [0.15, 0.2) is 6.61 Å². The highest BCUT2D eigenvalue weighted by atomic mass is 19.1. The molecule has 2 aromatic carbocycles. The number of hydrogen-bond donors (Lipinski definition) is 2. The second-order valence-corrected chi connectivity index (χ2v) is 6.21. The van der Waals surface area contributed by atoms with Crippen LogP contribution in [0.25, 0.3) is 0 Å². The van der Waals surface area contributed by atoms with Crippen molar-refractivity contribution in [2.45, 2.75) is 19.9 Å². The lowest BCUT2D eigenvalue weighted by molar-refractivity contribution is -0.118. The van der Waals surface area contributed by atoms with Crippen molar-refractivity contribution in [1.82, 2.24) is 4.98 Å². The van der Waals surface area contributed by atoms with Gasteiger partial charge in [-0.15, -0.1) is 0 Å². The average molecular weight is 379 g/mol. The van der Waals surface area contributed by atoms with Crippen molar-refractivity contribution >= 4 is 17.4 Å². The van der Waals surface area contributed by atoms with Crippen LogP contribution in [0.5, 0.6) is 5.75 Å². The number of halogens is 1. The number of anilines is 2. The van der Waals surface area contributed by atoms with Crippen molar-refractivity contribution in [2.75, 3.05) is 17.2 Å². The van der Waals surface area contributed by atoms with E-state index in [9.17, 15) is 9.18 Å². The molecule has 0 saturated carbocycles. The fourth-order valence-electron chi connectivity index (χ4n) is 2.57. The maximum absolute atomic E-state index is 13.6. The van der Waals surface area contributed by atoms with Crippen molar-refractivity contribution in [2.24, 2.45) is 0 Å². The molecular weight excluding hydrogens is 357 g/mol. The minimum Gasteiger partial charge on any atom is -0.484 e. The number of aryl methyl sites for hydroxylation is 1. The number of amides is 1. The highest BCUT2D eigenvalue weighted by Crippen LogP contribution is 2.14. The summed E-state index contributed by atoms with van der Waals surface area (Å²) in [6.07, 6.45) is 2.50. The fraction of sp³-hybridized carbons (Fsp3) is 0.182. The molecule has 1 heterocycles. The highest BCUT2D eigenvalue weighted by molar-refractivity contribution is 5.91. The Morgan fingerprint density at radius 1 is 1.07 bits per heavy atom. The van der Waals surface area contributed by atoms with E-state index in [-0.39, 0.29) is 18.3 Å². The topological polar surface area (TPSA) is 63.2 Å². The molecule has 0 fully saturated rings. The number of hydrogen-bond acceptors (Lipinski definition) is 4. The Kier molecular flexibility index (Phi) is 6.57. The summed E-state index contributed by atoms with van der Waals surface area (Å²) in [5.74, 6) is 0.711. The summed E-state index contributed by atoms with van der Waals surface area (Å²) >= 11 is 0. The number of aromatic nitrogens is 1. The van der Waals surface area contributed by atoms with Gasteiger partial charge in [0.05, 0.1) is 11.9 Å². The van der Waals surface area contributed by atoms with Gasteiger partial charge in [-0.1, -0.05) is 37.3 Å². The molecule has 0 aliphatic rings. The van der Waals surface area contributed by atoms with Gasteiger partial charge in [-0.2, -0.15) is 0 Å². The van der Waals surface area contributed by atoms with Crippen molar-refractivity contribution in [3.05, 3.63) is 83.8 Å². The van der Waals surface area contributed by atoms with E-state index in [0.29, 0.717) is 29.4 Å². The standard InChI is InChI=1S/C22H22FN3O2/c1-2-16-7-10-19(11-8-16)28-15-22(27)26-18-9-12-21(25-14-18)24-13-17-5-3-4-6-20(17)23/h3-12,14H,2,13,15H2,1H3,(H,24,25)(H,26,27). The van der Waals surface area contributed by atoms with Crippen molar-refractivity contribution in [3.63, 3.8) is 0 Å². The zero-order valence-corrected chi connectivity index (χ0v) is 15.6. The third-order valence-electron chi connectivity index (χ3n) is 4.17. The van der Waals surface area contributed by atoms with Gasteiger partial charge >= 0.3 is 0 Å². The smallest absolute Gasteiger partial charge is 0.262 e. The Labute approximate surface area is 163 Å². The lowest BCUT2D eigenvalue weighted by atomic mass is 10.2. The van der Waals surface area contributed by atoms with Crippen molar-refractivity contribution < 1.29 is 13.9 Å². The summed E-state index contributed by atoms with van der Waals surface area (Å²) in [4.78, 5) is 16.2. The van der Waals surface area contributed by atoms with Crippen LogP contribution in [0, 0.1) is 5.82 Å². The van der Waals surface area contributed by atoms with Crippen molar-refractivity contribution in [1.29, 1.82) is 0 Å². The Bertz CT molecular complexity index is 912. The molecule has 6 heteroatoms. The van der Waals surface area contributed by atoms with Crippen LogP contribution < -0.4 is 15.4 Å². The number of nitrogens with zero attached hydrogens (tertiary/aromatic N) is 1. The van der Waals surface area contributed by atoms with Gasteiger partial charge < -0.3 is 15.4 Å². The Hall–Kier alpha value is -3.41. The quantitative estimate of drug-likeness (QED) is 0.608. The van der Waals surface area contributed by atoms with Gasteiger partial charge in [-0.3, -0.25) is 4.79 Å². The van der Waals surface area contributed by atoms with Gasteiger partial charge in [0.1, 0.15) is 17.4 Å². The normalized spacial score (nSPS) is 10.4. The van der Waals surface area contributed by atoms with Gasteiger partial charge in [-0.05, 0) is 42.3 Å². The first kappa shape index (κ1) is 19.4. The third kappa shape index (κ3) is 5.54. The lowest BCUT2D eigenvalue weighted by Crippen LogP contribution is -2.20. The third-order valence-corrected chi connectivity index (χ3v) is 4.17. The molecule has 1 aromatic heterocycles. The van der Waals surface area contributed by atoms with E-state index in [0.717, 1.165) is 6.42 Å². The van der Waals surface area contributed by atoms with Gasteiger partial charge in [0, 0.05) is 12.1 Å². The molecule has 0 aliphatic heterocycles. The zero-order chi connectivity index (χ0) is 19.8. The highest BCUT2D eigenvalue weighted by Gasteiger charge is 2.05. The molecule has 144 valence electrons. The molecular formula is C22H22FN3O2. The number of ether oxygens (including phenoxy) is 1. The molecule has 0 aliphatic carbocycles. The Morgan fingerprint density at radius 3 is 2.54 bits per heavy atom. The van der Waals surface area contributed by atoms with Gasteiger partial charge in [0.2, 0.25) is 0 Å². The lowest BCUT2D eigenvalue weighted by Gasteiger charge is -2.09. The fourth-order valence-corrected chi connectivity index (χ4v) is 2.57. The molecule has 0 bridgehead atoms. The maximum Gasteiger partial charge on any atom is 0.262 e. The second kappa shape index (κ2) is 9.50. The second-order valence-electron chi connectivity index (χ2n) is 6.21. The molecule has 0 atom stereocenters. The molecule has 3 rings (SSSR count). The van der Waals surface area contributed by atoms with E-state index in [1.54, 1.807) is 30.3 Å². The van der Waals surface area contributed by atoms with Crippen LogP contribution in [0.1, 0.15) is 18.1 Å². The predicted octanol–water partition coefficient (Wildman–Crippen LogP) is 4.41. The minimum atomic E-state index is -0.270. The van der Waals surface area contributed by atoms with Crippen LogP contribution in [-0.2, 0) is 17.8 Å².